The molecule has 2 amide bonds. The van der Waals surface area contributed by atoms with Crippen LogP contribution in [0.3, 0.4) is 0 Å². The summed E-state index contributed by atoms with van der Waals surface area (Å²) in [6, 6.07) is 10.0. The Hall–Kier alpha value is -4.16. The molecule has 9 nitrogen and oxygen atoms in total. The summed E-state index contributed by atoms with van der Waals surface area (Å²) in [5.74, 6) is -3.47. The number of likely N-dealkylation sites (tertiary alicyclic amines) is 1. The van der Waals surface area contributed by atoms with Crippen LogP contribution in [0.1, 0.15) is 54.1 Å². The SMILES string of the molecule is O=C1NC(CCCC(=O)N2CCC(c3noc4ccc(F)cc34)CC2)N(OC(=O)C(F)(F)F)c2ccccc21. The first-order valence-electron chi connectivity index (χ1n) is 12.4. The van der Waals surface area contributed by atoms with Gasteiger partial charge in [-0.1, -0.05) is 17.3 Å². The topological polar surface area (TPSA) is 105 Å². The van der Waals surface area contributed by atoms with E-state index in [9.17, 15) is 31.9 Å². The number of rotatable bonds is 6. The van der Waals surface area contributed by atoms with Crippen molar-refractivity contribution >= 4 is 34.4 Å². The van der Waals surface area contributed by atoms with Crippen molar-refractivity contribution in [3.05, 3.63) is 59.5 Å². The van der Waals surface area contributed by atoms with Gasteiger partial charge in [-0.05, 0) is 56.0 Å². The number of hydrogen-bond donors (Lipinski definition) is 1. The molecule has 1 N–H and O–H groups in total. The van der Waals surface area contributed by atoms with Gasteiger partial charge in [0, 0.05) is 30.8 Å². The Labute approximate surface area is 219 Å². The lowest BCUT2D eigenvalue weighted by atomic mass is 9.91. The van der Waals surface area contributed by atoms with Gasteiger partial charge < -0.3 is 19.6 Å². The minimum Gasteiger partial charge on any atom is -0.356 e. The number of nitrogens with one attached hydrogen (secondary N) is 1. The number of carbonyl (C=O) groups excluding carboxylic acids is 3. The molecule has 206 valence electrons. The van der Waals surface area contributed by atoms with Gasteiger partial charge in [0.15, 0.2) is 5.58 Å². The first-order chi connectivity index (χ1) is 18.6. The van der Waals surface area contributed by atoms with Crippen LogP contribution in [0, 0.1) is 5.82 Å². The Morgan fingerprint density at radius 1 is 1.13 bits per heavy atom. The molecule has 1 atom stereocenters. The van der Waals surface area contributed by atoms with E-state index in [4.69, 9.17) is 4.52 Å². The molecule has 0 saturated carbocycles. The molecule has 5 rings (SSSR count). The molecule has 0 bridgehead atoms. The van der Waals surface area contributed by atoms with Gasteiger partial charge in [-0.15, -0.1) is 0 Å². The largest absolute Gasteiger partial charge is 0.493 e. The Morgan fingerprint density at radius 3 is 2.62 bits per heavy atom. The van der Waals surface area contributed by atoms with Crippen molar-refractivity contribution < 1.29 is 41.3 Å². The van der Waals surface area contributed by atoms with Crippen LogP contribution in [-0.2, 0) is 14.4 Å². The summed E-state index contributed by atoms with van der Waals surface area (Å²) in [6.45, 7) is 0.909. The molecule has 39 heavy (non-hydrogen) atoms. The van der Waals surface area contributed by atoms with Crippen LogP contribution < -0.4 is 10.4 Å². The fraction of sp³-hybridized carbons (Fsp3) is 0.385. The third-order valence-electron chi connectivity index (χ3n) is 6.94. The van der Waals surface area contributed by atoms with Gasteiger partial charge in [0.1, 0.15) is 12.0 Å². The maximum atomic E-state index is 13.7. The fourth-order valence-corrected chi connectivity index (χ4v) is 4.99. The molecule has 1 aromatic heterocycles. The van der Waals surface area contributed by atoms with E-state index in [1.807, 2.05) is 0 Å². The second kappa shape index (κ2) is 10.5. The zero-order valence-corrected chi connectivity index (χ0v) is 20.5. The van der Waals surface area contributed by atoms with E-state index in [2.05, 4.69) is 15.3 Å². The van der Waals surface area contributed by atoms with E-state index in [0.717, 1.165) is 5.06 Å². The molecule has 2 aliphatic heterocycles. The van der Waals surface area contributed by atoms with Crippen molar-refractivity contribution in [2.75, 3.05) is 18.2 Å². The van der Waals surface area contributed by atoms with E-state index in [-0.39, 0.29) is 48.2 Å². The number of para-hydroxylation sites is 1. The lowest BCUT2D eigenvalue weighted by Crippen LogP contribution is -2.54. The smallest absolute Gasteiger partial charge is 0.356 e. The number of anilines is 1. The number of fused-ring (bicyclic) bond motifs is 2. The van der Waals surface area contributed by atoms with Crippen LogP contribution in [-0.4, -0.2) is 53.3 Å². The van der Waals surface area contributed by atoms with E-state index >= 15 is 0 Å². The number of carbonyl (C=O) groups is 3. The van der Waals surface area contributed by atoms with Gasteiger partial charge >= 0.3 is 12.1 Å². The number of hydrogen-bond acceptors (Lipinski definition) is 7. The van der Waals surface area contributed by atoms with Crippen molar-refractivity contribution in [3.63, 3.8) is 0 Å². The van der Waals surface area contributed by atoms with Crippen molar-refractivity contribution in [3.8, 4) is 0 Å². The molecule has 2 aromatic carbocycles. The van der Waals surface area contributed by atoms with Gasteiger partial charge in [-0.25, -0.2) is 9.18 Å². The molecule has 1 unspecified atom stereocenters. The monoisotopic (exact) mass is 548 g/mol. The maximum absolute atomic E-state index is 13.7. The molecular weight excluding hydrogens is 524 g/mol. The second-order valence-corrected chi connectivity index (χ2v) is 9.46. The predicted molar refractivity (Wildman–Crippen MR) is 129 cm³/mol. The third-order valence-corrected chi connectivity index (χ3v) is 6.94. The van der Waals surface area contributed by atoms with Crippen LogP contribution in [0.15, 0.2) is 47.0 Å². The summed E-state index contributed by atoms with van der Waals surface area (Å²) in [5.41, 5.74) is 1.25. The lowest BCUT2D eigenvalue weighted by molar-refractivity contribution is -0.202. The number of benzene rings is 2. The minimum atomic E-state index is -5.23. The summed E-state index contributed by atoms with van der Waals surface area (Å²) in [6.07, 6.45) is -4.73. The predicted octanol–water partition coefficient (Wildman–Crippen LogP) is 4.44. The number of amides is 2. The van der Waals surface area contributed by atoms with E-state index < -0.39 is 24.2 Å². The molecule has 0 radical (unpaired) electrons. The normalized spacial score (nSPS) is 18.2. The minimum absolute atomic E-state index is 0.00601. The zero-order valence-electron chi connectivity index (χ0n) is 20.5. The van der Waals surface area contributed by atoms with Crippen molar-refractivity contribution in [1.29, 1.82) is 0 Å². The van der Waals surface area contributed by atoms with Gasteiger partial charge in [0.25, 0.3) is 5.91 Å². The summed E-state index contributed by atoms with van der Waals surface area (Å²) < 4.78 is 57.7. The molecular formula is C26H24F4N4O5. The van der Waals surface area contributed by atoms with Crippen molar-refractivity contribution in [2.45, 2.75) is 50.4 Å². The van der Waals surface area contributed by atoms with E-state index in [1.54, 1.807) is 4.90 Å². The second-order valence-electron chi connectivity index (χ2n) is 9.46. The molecule has 2 aliphatic rings. The molecule has 13 heteroatoms. The maximum Gasteiger partial charge on any atom is 0.493 e. The highest BCUT2D eigenvalue weighted by molar-refractivity contribution is 6.02. The Balaban J connectivity index is 1.18. The standard InChI is InChI=1S/C26H24F4N4O5/c27-16-8-9-20-18(14-16)23(32-38-20)15-10-12-33(13-11-15)22(35)7-3-6-21-31-24(36)17-4-1-2-5-19(17)34(21)39-25(37)26(28,29)30/h1-2,4-5,8-9,14-15,21H,3,6-7,10-13H2,(H,31,36). The third kappa shape index (κ3) is 5.52. The van der Waals surface area contributed by atoms with Crippen LogP contribution in [0.25, 0.3) is 11.0 Å². The highest BCUT2D eigenvalue weighted by atomic mass is 19.4. The lowest BCUT2D eigenvalue weighted by Gasteiger charge is -2.37. The van der Waals surface area contributed by atoms with Gasteiger partial charge in [-0.3, -0.25) is 9.59 Å². The summed E-state index contributed by atoms with van der Waals surface area (Å²) in [4.78, 5) is 43.2. The number of halogens is 4. The Morgan fingerprint density at radius 2 is 1.87 bits per heavy atom. The molecule has 3 aromatic rings. The number of aromatic nitrogens is 1. The van der Waals surface area contributed by atoms with E-state index in [1.165, 1.54) is 42.5 Å². The first-order valence-corrected chi connectivity index (χ1v) is 12.4. The molecule has 3 heterocycles. The zero-order chi connectivity index (χ0) is 27.7. The highest BCUT2D eigenvalue weighted by Crippen LogP contribution is 2.34. The number of hydroxylamine groups is 1. The highest BCUT2D eigenvalue weighted by Gasteiger charge is 2.45. The van der Waals surface area contributed by atoms with Gasteiger partial charge in [0.05, 0.1) is 16.9 Å². The average molecular weight is 548 g/mol. The van der Waals surface area contributed by atoms with Gasteiger partial charge in [0.2, 0.25) is 5.91 Å². The van der Waals surface area contributed by atoms with Gasteiger partial charge in [-0.2, -0.15) is 18.2 Å². The average Bonchev–Trinajstić information content (AvgIpc) is 3.33. The Kier molecular flexibility index (Phi) is 7.15. The molecule has 1 fully saturated rings. The van der Waals surface area contributed by atoms with Crippen LogP contribution in [0.5, 0.6) is 0 Å². The number of piperidine rings is 1. The van der Waals surface area contributed by atoms with Crippen LogP contribution in [0.2, 0.25) is 0 Å². The number of alkyl halides is 3. The number of nitrogens with zero attached hydrogens (tertiary/aromatic N) is 3. The van der Waals surface area contributed by atoms with Crippen LogP contribution in [0.4, 0.5) is 23.2 Å². The summed E-state index contributed by atoms with van der Waals surface area (Å²) in [7, 11) is 0. The van der Waals surface area contributed by atoms with E-state index in [0.29, 0.717) is 42.6 Å². The molecule has 1 saturated heterocycles. The summed E-state index contributed by atoms with van der Waals surface area (Å²) >= 11 is 0. The molecule has 0 aliphatic carbocycles. The summed E-state index contributed by atoms with van der Waals surface area (Å²) in [5, 5.41) is 8.01. The molecule has 0 spiro atoms. The van der Waals surface area contributed by atoms with Crippen molar-refractivity contribution in [2.24, 2.45) is 0 Å². The Bertz CT molecular complexity index is 1400. The first kappa shape index (κ1) is 26.4. The van der Waals surface area contributed by atoms with Crippen molar-refractivity contribution in [1.82, 2.24) is 15.4 Å². The van der Waals surface area contributed by atoms with Crippen LogP contribution >= 0.6 is 0 Å². The quantitative estimate of drug-likeness (QED) is 0.454. The fourth-order valence-electron chi connectivity index (χ4n) is 4.99.